The highest BCUT2D eigenvalue weighted by Gasteiger charge is 2.22. The van der Waals surface area contributed by atoms with Gasteiger partial charge < -0.3 is 15.0 Å². The zero-order valence-corrected chi connectivity index (χ0v) is 13.8. The molecule has 1 N–H and O–H groups in total. The number of rotatable bonds is 7. The van der Waals surface area contributed by atoms with Gasteiger partial charge >= 0.3 is 0 Å². The van der Waals surface area contributed by atoms with Crippen molar-refractivity contribution < 1.29 is 4.74 Å². The van der Waals surface area contributed by atoms with Crippen molar-refractivity contribution in [3.8, 4) is 0 Å². The zero-order valence-electron chi connectivity index (χ0n) is 13.8. The van der Waals surface area contributed by atoms with Crippen LogP contribution in [0, 0.1) is 12.8 Å². The van der Waals surface area contributed by atoms with Crippen LogP contribution in [0.4, 0.5) is 0 Å². The number of nitrogens with zero attached hydrogens (tertiary/aromatic N) is 1. The second-order valence-corrected chi connectivity index (χ2v) is 6.24. The summed E-state index contributed by atoms with van der Waals surface area (Å²) in [5.74, 6) is 0.698. The van der Waals surface area contributed by atoms with E-state index in [4.69, 9.17) is 4.74 Å². The fourth-order valence-corrected chi connectivity index (χ4v) is 3.28. The largest absolute Gasteiger partial charge is 0.384 e. The minimum atomic E-state index is 0.428. The normalized spacial score (nSPS) is 21.4. The van der Waals surface area contributed by atoms with E-state index in [1.807, 2.05) is 7.11 Å². The van der Waals surface area contributed by atoms with Gasteiger partial charge in [-0.3, -0.25) is 0 Å². The summed E-state index contributed by atoms with van der Waals surface area (Å²) in [7, 11) is 1.81. The van der Waals surface area contributed by atoms with E-state index in [0.29, 0.717) is 12.0 Å². The van der Waals surface area contributed by atoms with Crippen LogP contribution in [0.5, 0.6) is 0 Å². The molecular weight excluding hydrogens is 260 g/mol. The van der Waals surface area contributed by atoms with Crippen LogP contribution < -0.4 is 5.32 Å². The summed E-state index contributed by atoms with van der Waals surface area (Å²) < 4.78 is 5.34. The van der Waals surface area contributed by atoms with Crippen LogP contribution in [0.2, 0.25) is 0 Å². The van der Waals surface area contributed by atoms with E-state index in [1.54, 1.807) is 0 Å². The Bertz CT molecular complexity index is 402. The summed E-state index contributed by atoms with van der Waals surface area (Å²) in [5, 5.41) is 3.64. The molecule has 1 aromatic carbocycles. The van der Waals surface area contributed by atoms with Crippen molar-refractivity contribution in [3.63, 3.8) is 0 Å². The second-order valence-electron chi connectivity index (χ2n) is 6.24. The number of methoxy groups -OCH3 is 1. The van der Waals surface area contributed by atoms with E-state index in [1.165, 1.54) is 37.1 Å². The third-order valence-electron chi connectivity index (χ3n) is 4.38. The lowest BCUT2D eigenvalue weighted by atomic mass is 9.97. The number of nitrogens with one attached hydrogen (secondary N) is 1. The minimum absolute atomic E-state index is 0.428. The summed E-state index contributed by atoms with van der Waals surface area (Å²) in [6.07, 6.45) is 2.60. The van der Waals surface area contributed by atoms with E-state index < -0.39 is 0 Å². The molecule has 1 aliphatic rings. The lowest BCUT2D eigenvalue weighted by Crippen LogP contribution is -2.42. The van der Waals surface area contributed by atoms with Gasteiger partial charge in [-0.05, 0) is 44.3 Å². The van der Waals surface area contributed by atoms with Gasteiger partial charge in [-0.25, -0.2) is 0 Å². The molecule has 1 saturated heterocycles. The van der Waals surface area contributed by atoms with Gasteiger partial charge in [0.1, 0.15) is 0 Å². The molecule has 2 rings (SSSR count). The summed E-state index contributed by atoms with van der Waals surface area (Å²) >= 11 is 0. The maximum absolute atomic E-state index is 5.34. The van der Waals surface area contributed by atoms with Crippen molar-refractivity contribution in [2.75, 3.05) is 39.9 Å². The topological polar surface area (TPSA) is 24.5 Å². The maximum Gasteiger partial charge on any atom is 0.0502 e. The molecule has 0 saturated carbocycles. The van der Waals surface area contributed by atoms with Crippen LogP contribution in [0.15, 0.2) is 24.3 Å². The summed E-state index contributed by atoms with van der Waals surface area (Å²) in [6, 6.07) is 9.38. The molecule has 1 aliphatic heterocycles. The lowest BCUT2D eigenvalue weighted by Gasteiger charge is -2.35. The predicted octanol–water partition coefficient (Wildman–Crippen LogP) is 3.00. The van der Waals surface area contributed by atoms with E-state index in [9.17, 15) is 0 Å². The Morgan fingerprint density at radius 2 is 2.10 bits per heavy atom. The Balaban J connectivity index is 1.97. The second kappa shape index (κ2) is 8.52. The Kier molecular flexibility index (Phi) is 6.68. The van der Waals surface area contributed by atoms with Gasteiger partial charge in [0.25, 0.3) is 0 Å². The van der Waals surface area contributed by atoms with Crippen molar-refractivity contribution in [3.05, 3.63) is 35.4 Å². The highest BCUT2D eigenvalue weighted by atomic mass is 16.5. The van der Waals surface area contributed by atoms with E-state index >= 15 is 0 Å². The van der Waals surface area contributed by atoms with Gasteiger partial charge in [0.15, 0.2) is 0 Å². The molecule has 1 fully saturated rings. The third kappa shape index (κ3) is 5.10. The van der Waals surface area contributed by atoms with Crippen molar-refractivity contribution in [1.29, 1.82) is 0 Å². The number of likely N-dealkylation sites (N-methyl/N-ethyl adjacent to an activating group) is 1. The number of piperidine rings is 1. The van der Waals surface area contributed by atoms with E-state index in [2.05, 4.69) is 48.3 Å². The van der Waals surface area contributed by atoms with Gasteiger partial charge in [0.2, 0.25) is 0 Å². The van der Waals surface area contributed by atoms with Gasteiger partial charge in [-0.2, -0.15) is 0 Å². The molecule has 3 heteroatoms. The molecular formula is C18H30N2O. The molecule has 0 aliphatic carbocycles. The van der Waals surface area contributed by atoms with Gasteiger partial charge in [-0.1, -0.05) is 36.8 Å². The monoisotopic (exact) mass is 290 g/mol. The number of benzene rings is 1. The van der Waals surface area contributed by atoms with Gasteiger partial charge in [0, 0.05) is 26.2 Å². The Labute approximate surface area is 129 Å². The molecule has 2 atom stereocenters. The molecule has 21 heavy (non-hydrogen) atoms. The van der Waals surface area contributed by atoms with Crippen molar-refractivity contribution in [2.24, 2.45) is 5.92 Å². The summed E-state index contributed by atoms with van der Waals surface area (Å²) in [5.41, 5.74) is 2.73. The minimum Gasteiger partial charge on any atom is -0.384 e. The van der Waals surface area contributed by atoms with Crippen LogP contribution in [0.1, 0.15) is 36.9 Å². The van der Waals surface area contributed by atoms with Crippen molar-refractivity contribution in [1.82, 2.24) is 10.2 Å². The molecule has 1 heterocycles. The highest BCUT2D eigenvalue weighted by Crippen LogP contribution is 2.21. The molecule has 2 unspecified atom stereocenters. The van der Waals surface area contributed by atoms with Gasteiger partial charge in [0.05, 0.1) is 6.61 Å². The first-order chi connectivity index (χ1) is 10.2. The first-order valence-electron chi connectivity index (χ1n) is 8.24. The number of aryl methyl sites for hydroxylation is 1. The van der Waals surface area contributed by atoms with Gasteiger partial charge in [-0.15, -0.1) is 0 Å². The molecule has 0 amide bonds. The first kappa shape index (κ1) is 16.5. The lowest BCUT2D eigenvalue weighted by molar-refractivity contribution is 0.0857. The molecule has 0 spiro atoms. The summed E-state index contributed by atoms with van der Waals surface area (Å²) in [6.45, 7) is 9.71. The highest BCUT2D eigenvalue weighted by molar-refractivity contribution is 5.24. The Morgan fingerprint density at radius 1 is 1.33 bits per heavy atom. The van der Waals surface area contributed by atoms with Crippen molar-refractivity contribution >= 4 is 0 Å². The molecule has 118 valence electrons. The van der Waals surface area contributed by atoms with Crippen LogP contribution in [-0.4, -0.2) is 44.8 Å². The van der Waals surface area contributed by atoms with Crippen LogP contribution >= 0.6 is 0 Å². The standard InChI is InChI=1S/C18H30N2O/c1-4-19-18(17-9-7-15(2)8-10-17)13-20-11-5-6-16(12-20)14-21-3/h7-10,16,18-19H,4-6,11-14H2,1-3H3. The predicted molar refractivity (Wildman–Crippen MR) is 88.6 cm³/mol. The number of hydrogen-bond acceptors (Lipinski definition) is 3. The Morgan fingerprint density at radius 3 is 2.76 bits per heavy atom. The summed E-state index contributed by atoms with van der Waals surface area (Å²) in [4.78, 5) is 2.60. The van der Waals surface area contributed by atoms with Crippen LogP contribution in [0.25, 0.3) is 0 Å². The molecule has 3 nitrogen and oxygen atoms in total. The number of ether oxygens (including phenoxy) is 1. The Hall–Kier alpha value is -0.900. The smallest absolute Gasteiger partial charge is 0.0502 e. The SMILES string of the molecule is CCNC(CN1CCCC(COC)C1)c1ccc(C)cc1. The molecule has 0 aromatic heterocycles. The number of hydrogen-bond donors (Lipinski definition) is 1. The molecule has 0 bridgehead atoms. The van der Waals surface area contributed by atoms with E-state index in [-0.39, 0.29) is 0 Å². The first-order valence-corrected chi connectivity index (χ1v) is 8.24. The van der Waals surface area contributed by atoms with E-state index in [0.717, 1.165) is 19.7 Å². The maximum atomic E-state index is 5.34. The van der Waals surface area contributed by atoms with Crippen molar-refractivity contribution in [2.45, 2.75) is 32.7 Å². The fraction of sp³-hybridized carbons (Fsp3) is 0.667. The molecule has 0 radical (unpaired) electrons. The van der Waals surface area contributed by atoms with Crippen LogP contribution in [0.3, 0.4) is 0 Å². The van der Waals surface area contributed by atoms with Crippen LogP contribution in [-0.2, 0) is 4.74 Å². The average molecular weight is 290 g/mol. The number of likely N-dealkylation sites (tertiary alicyclic amines) is 1. The molecule has 1 aromatic rings. The quantitative estimate of drug-likeness (QED) is 0.835. The average Bonchev–Trinajstić information content (AvgIpc) is 2.48. The zero-order chi connectivity index (χ0) is 15.1. The third-order valence-corrected chi connectivity index (χ3v) is 4.38. The fourth-order valence-electron chi connectivity index (χ4n) is 3.28.